The van der Waals surface area contributed by atoms with Gasteiger partial charge in [0.25, 0.3) is 5.91 Å². The van der Waals surface area contributed by atoms with Crippen molar-refractivity contribution in [2.45, 2.75) is 25.7 Å². The van der Waals surface area contributed by atoms with E-state index in [1.807, 2.05) is 30.3 Å². The van der Waals surface area contributed by atoms with Crippen molar-refractivity contribution in [2.75, 3.05) is 5.32 Å². The summed E-state index contributed by atoms with van der Waals surface area (Å²) in [5.41, 5.74) is 2.34. The fourth-order valence-corrected chi connectivity index (χ4v) is 6.78. The molecular weight excluding hydrogens is 590 g/mol. The van der Waals surface area contributed by atoms with E-state index in [1.165, 1.54) is 17.7 Å². The highest BCUT2D eigenvalue weighted by molar-refractivity contribution is 6.38. The molecule has 0 aliphatic heterocycles. The second-order valence-corrected chi connectivity index (χ2v) is 11.7. The zero-order chi connectivity index (χ0) is 32.7. The number of hydrogen-bond acceptors (Lipinski definition) is 4. The molecule has 7 aromatic carbocycles. The molecule has 0 heterocycles. The number of anilines is 1. The minimum Gasteiger partial charge on any atom is -0.478 e. The topological polar surface area (TPSA) is 121 Å². The van der Waals surface area contributed by atoms with Crippen LogP contribution in [0.3, 0.4) is 0 Å². The molecule has 7 nitrogen and oxygen atoms in total. The van der Waals surface area contributed by atoms with Gasteiger partial charge in [-0.05, 0) is 87.5 Å². The third-order valence-corrected chi connectivity index (χ3v) is 8.90. The fourth-order valence-electron chi connectivity index (χ4n) is 6.78. The number of carboxylic acid groups (broad SMARTS) is 2. The Morgan fingerprint density at radius 2 is 0.957 bits per heavy atom. The summed E-state index contributed by atoms with van der Waals surface area (Å²) in [5, 5.41) is 27.9. The molecular formula is C40H29NO6. The lowest BCUT2D eigenvalue weighted by Crippen LogP contribution is -2.14. The number of para-hydroxylation sites is 1. The van der Waals surface area contributed by atoms with Crippen molar-refractivity contribution in [3.63, 3.8) is 0 Å². The van der Waals surface area contributed by atoms with E-state index in [0.29, 0.717) is 60.8 Å². The predicted molar refractivity (Wildman–Crippen MR) is 184 cm³/mol. The highest BCUT2D eigenvalue weighted by atomic mass is 16.4. The number of ketones is 1. The average Bonchev–Trinajstić information content (AvgIpc) is 3.08. The Hall–Kier alpha value is -6.08. The first-order valence-electron chi connectivity index (χ1n) is 15.4. The van der Waals surface area contributed by atoms with E-state index in [0.717, 1.165) is 12.8 Å². The molecule has 0 aromatic heterocycles. The monoisotopic (exact) mass is 619 g/mol. The van der Waals surface area contributed by atoms with Crippen LogP contribution in [0.25, 0.3) is 43.1 Å². The van der Waals surface area contributed by atoms with Gasteiger partial charge in [0, 0.05) is 34.0 Å². The molecule has 0 atom stereocenters. The normalized spacial score (nSPS) is 11.4. The van der Waals surface area contributed by atoms with E-state index in [1.54, 1.807) is 54.6 Å². The average molecular weight is 620 g/mol. The first kappa shape index (κ1) is 29.6. The number of Topliss-reactive ketones (excluding diaryl/α,β-unsaturated/α-hetero) is 1. The van der Waals surface area contributed by atoms with Gasteiger partial charge in [-0.15, -0.1) is 0 Å². The molecule has 0 aliphatic carbocycles. The largest absolute Gasteiger partial charge is 0.478 e. The number of carbonyl (C=O) groups excluding carboxylic acids is 2. The van der Waals surface area contributed by atoms with Crippen molar-refractivity contribution in [2.24, 2.45) is 0 Å². The maximum atomic E-state index is 13.7. The van der Waals surface area contributed by atoms with Crippen molar-refractivity contribution < 1.29 is 29.4 Å². The lowest BCUT2D eigenvalue weighted by molar-refractivity contribution is 0.0688. The molecule has 0 saturated heterocycles. The maximum Gasteiger partial charge on any atom is 0.336 e. The Morgan fingerprint density at radius 1 is 0.489 bits per heavy atom. The Balaban J connectivity index is 1.40. The number of rotatable bonds is 10. The highest BCUT2D eigenvalue weighted by Gasteiger charge is 2.25. The minimum atomic E-state index is -1.17. The molecule has 1 amide bonds. The molecule has 7 rings (SSSR count). The Bertz CT molecular complexity index is 2340. The van der Waals surface area contributed by atoms with E-state index in [9.17, 15) is 29.4 Å². The molecule has 7 aromatic rings. The summed E-state index contributed by atoms with van der Waals surface area (Å²) < 4.78 is 0. The van der Waals surface area contributed by atoms with Crippen molar-refractivity contribution in [1.29, 1.82) is 0 Å². The molecule has 3 N–H and O–H groups in total. The standard InChI is InChI=1S/C40H29NO6/c42-33(14-8-7-11-23-9-3-1-4-10-23)29-19-15-25-28-18-22-32(40(46)47)37-30(38(43)41-24-12-5-2-6-13-24)20-16-26(35(28)37)27-17-21-31(39(44)45)36(29)34(25)27/h1-6,9-10,12-13,15-22H,7-8,11,14H2,(H,41,43)(H,44,45)(H,46,47). The molecule has 0 fully saturated rings. The number of nitrogens with one attached hydrogen (secondary N) is 1. The third kappa shape index (κ3) is 5.21. The zero-order valence-corrected chi connectivity index (χ0v) is 25.2. The van der Waals surface area contributed by atoms with Crippen LogP contribution in [0.1, 0.15) is 66.3 Å². The lowest BCUT2D eigenvalue weighted by Gasteiger charge is -2.19. The fraction of sp³-hybridized carbons (Fsp3) is 0.100. The highest BCUT2D eigenvalue weighted by Crippen LogP contribution is 2.44. The first-order valence-corrected chi connectivity index (χ1v) is 15.4. The number of amides is 1. The second kappa shape index (κ2) is 12.0. The van der Waals surface area contributed by atoms with Gasteiger partial charge >= 0.3 is 11.9 Å². The third-order valence-electron chi connectivity index (χ3n) is 8.90. The van der Waals surface area contributed by atoms with Crippen LogP contribution in [-0.2, 0) is 6.42 Å². The van der Waals surface area contributed by atoms with Crippen molar-refractivity contribution >= 4 is 72.4 Å². The van der Waals surface area contributed by atoms with Crippen LogP contribution >= 0.6 is 0 Å². The molecule has 0 aliphatic rings. The van der Waals surface area contributed by atoms with E-state index in [-0.39, 0.29) is 28.9 Å². The molecule has 0 radical (unpaired) electrons. The molecule has 0 saturated carbocycles. The van der Waals surface area contributed by atoms with Gasteiger partial charge in [0.15, 0.2) is 5.78 Å². The summed E-state index contributed by atoms with van der Waals surface area (Å²) in [6, 6.07) is 32.2. The van der Waals surface area contributed by atoms with Gasteiger partial charge < -0.3 is 15.5 Å². The number of aryl methyl sites for hydroxylation is 1. The van der Waals surface area contributed by atoms with Gasteiger partial charge in [-0.25, -0.2) is 9.59 Å². The SMILES string of the molecule is O=C(O)c1ccc2c3ccc(C(=O)Nc4ccccc4)c4c(C(=O)O)ccc(c5ccc(C(=O)CCCCc6ccccc6)c1c52)c43. The predicted octanol–water partition coefficient (Wildman–Crippen LogP) is 8.98. The zero-order valence-electron chi connectivity index (χ0n) is 25.2. The van der Waals surface area contributed by atoms with Gasteiger partial charge in [-0.1, -0.05) is 78.9 Å². The summed E-state index contributed by atoms with van der Waals surface area (Å²) in [7, 11) is 0. The van der Waals surface area contributed by atoms with Gasteiger partial charge in [0.2, 0.25) is 0 Å². The maximum absolute atomic E-state index is 13.7. The molecule has 0 bridgehead atoms. The van der Waals surface area contributed by atoms with E-state index in [2.05, 4.69) is 17.4 Å². The van der Waals surface area contributed by atoms with Crippen LogP contribution in [0.5, 0.6) is 0 Å². The number of unbranched alkanes of at least 4 members (excludes halogenated alkanes) is 1. The molecule has 47 heavy (non-hydrogen) atoms. The summed E-state index contributed by atoms with van der Waals surface area (Å²) in [6.45, 7) is 0. The van der Waals surface area contributed by atoms with Gasteiger partial charge in [-0.2, -0.15) is 0 Å². The van der Waals surface area contributed by atoms with Crippen molar-refractivity contribution in [3.05, 3.63) is 137 Å². The van der Waals surface area contributed by atoms with Gasteiger partial charge in [0.05, 0.1) is 11.1 Å². The number of benzene rings is 7. The number of carbonyl (C=O) groups is 4. The van der Waals surface area contributed by atoms with Crippen LogP contribution in [0.2, 0.25) is 0 Å². The van der Waals surface area contributed by atoms with Crippen LogP contribution in [-0.4, -0.2) is 33.8 Å². The molecule has 230 valence electrons. The smallest absolute Gasteiger partial charge is 0.336 e. The number of fused-ring (bicyclic) bond motifs is 2. The van der Waals surface area contributed by atoms with Crippen molar-refractivity contribution in [3.8, 4) is 0 Å². The van der Waals surface area contributed by atoms with Crippen LogP contribution in [0.15, 0.2) is 109 Å². The van der Waals surface area contributed by atoms with Crippen LogP contribution < -0.4 is 5.32 Å². The van der Waals surface area contributed by atoms with Gasteiger partial charge in [0.1, 0.15) is 0 Å². The molecule has 0 spiro atoms. The summed E-state index contributed by atoms with van der Waals surface area (Å²) >= 11 is 0. The quantitative estimate of drug-likeness (QED) is 0.0608. The second-order valence-electron chi connectivity index (χ2n) is 11.7. The first-order chi connectivity index (χ1) is 22.8. The Kier molecular flexibility index (Phi) is 7.58. The van der Waals surface area contributed by atoms with E-state index in [4.69, 9.17) is 0 Å². The molecule has 7 heteroatoms. The van der Waals surface area contributed by atoms with Crippen molar-refractivity contribution in [1.82, 2.24) is 0 Å². The van der Waals surface area contributed by atoms with E-state index >= 15 is 0 Å². The van der Waals surface area contributed by atoms with E-state index < -0.39 is 17.8 Å². The van der Waals surface area contributed by atoms with Crippen LogP contribution in [0, 0.1) is 0 Å². The Labute approximate surface area is 269 Å². The Morgan fingerprint density at radius 3 is 1.49 bits per heavy atom. The summed E-state index contributed by atoms with van der Waals surface area (Å²) in [5.74, 6) is -2.90. The number of hydrogen-bond donors (Lipinski definition) is 3. The van der Waals surface area contributed by atoms with Gasteiger partial charge in [-0.3, -0.25) is 9.59 Å². The molecule has 0 unspecified atom stereocenters. The van der Waals surface area contributed by atoms with Crippen LogP contribution in [0.4, 0.5) is 5.69 Å². The minimum absolute atomic E-state index is 0.0204. The summed E-state index contributed by atoms with van der Waals surface area (Å²) in [6.07, 6.45) is 2.61. The number of aromatic carboxylic acids is 2. The lowest BCUT2D eigenvalue weighted by atomic mass is 9.83. The summed E-state index contributed by atoms with van der Waals surface area (Å²) in [4.78, 5) is 52.3. The number of carboxylic acids is 2.